The zero-order valence-corrected chi connectivity index (χ0v) is 14.7. The van der Waals surface area contributed by atoms with Crippen molar-refractivity contribution in [2.75, 3.05) is 6.54 Å². The molecule has 0 saturated carbocycles. The molecule has 0 aliphatic carbocycles. The maximum atomic E-state index is 12.4. The van der Waals surface area contributed by atoms with Crippen LogP contribution in [0.3, 0.4) is 0 Å². The molecule has 1 aliphatic heterocycles. The van der Waals surface area contributed by atoms with Crippen LogP contribution in [-0.2, 0) is 29.6 Å². The van der Waals surface area contributed by atoms with E-state index in [2.05, 4.69) is 49.1 Å². The Labute approximate surface area is 143 Å². The second-order valence-corrected chi connectivity index (χ2v) is 7.45. The summed E-state index contributed by atoms with van der Waals surface area (Å²) >= 11 is 0. The lowest BCUT2D eigenvalue weighted by Crippen LogP contribution is -2.35. The summed E-state index contributed by atoms with van der Waals surface area (Å²) in [6.45, 7) is 7.70. The molecule has 5 heteroatoms. The van der Waals surface area contributed by atoms with Crippen LogP contribution < -0.4 is 0 Å². The van der Waals surface area contributed by atoms with Crippen molar-refractivity contribution in [2.45, 2.75) is 58.4 Å². The van der Waals surface area contributed by atoms with Crippen molar-refractivity contribution in [3.8, 4) is 0 Å². The van der Waals surface area contributed by atoms with Gasteiger partial charge in [-0.25, -0.2) is 0 Å². The van der Waals surface area contributed by atoms with Gasteiger partial charge in [0.15, 0.2) is 5.82 Å². The fraction of sp³-hybridized carbons (Fsp3) is 0.526. The highest BCUT2D eigenvalue weighted by Gasteiger charge is 2.22. The van der Waals surface area contributed by atoms with Crippen LogP contribution in [0.2, 0.25) is 0 Å². The number of hydrogen-bond donors (Lipinski definition) is 0. The van der Waals surface area contributed by atoms with E-state index in [1.165, 1.54) is 11.1 Å². The third-order valence-electron chi connectivity index (χ3n) is 4.40. The summed E-state index contributed by atoms with van der Waals surface area (Å²) in [5.74, 6) is 1.55. The highest BCUT2D eigenvalue weighted by Crippen LogP contribution is 2.21. The summed E-state index contributed by atoms with van der Waals surface area (Å²) in [5, 5.41) is 4.02. The maximum absolute atomic E-state index is 12.4. The molecule has 3 rings (SSSR count). The molecule has 24 heavy (non-hydrogen) atoms. The lowest BCUT2D eigenvalue weighted by molar-refractivity contribution is -0.132. The van der Waals surface area contributed by atoms with Crippen LogP contribution in [-0.4, -0.2) is 27.5 Å². The molecule has 2 heterocycles. The van der Waals surface area contributed by atoms with Crippen molar-refractivity contribution >= 4 is 5.91 Å². The zero-order chi connectivity index (χ0) is 17.2. The molecular weight excluding hydrogens is 302 g/mol. The number of amides is 1. The number of hydrogen-bond acceptors (Lipinski definition) is 4. The van der Waals surface area contributed by atoms with E-state index >= 15 is 0 Å². The fourth-order valence-corrected chi connectivity index (χ4v) is 2.92. The van der Waals surface area contributed by atoms with E-state index < -0.39 is 0 Å². The summed E-state index contributed by atoms with van der Waals surface area (Å²) in [4.78, 5) is 18.8. The molecule has 128 valence electrons. The van der Waals surface area contributed by atoms with E-state index in [0.29, 0.717) is 18.7 Å². The van der Waals surface area contributed by atoms with Gasteiger partial charge in [0.05, 0.1) is 0 Å². The Balaban J connectivity index is 1.49. The molecule has 0 radical (unpaired) electrons. The van der Waals surface area contributed by atoms with Crippen LogP contribution >= 0.6 is 0 Å². The molecule has 1 aromatic heterocycles. The van der Waals surface area contributed by atoms with Crippen LogP contribution in [0.25, 0.3) is 0 Å². The second kappa shape index (κ2) is 6.75. The van der Waals surface area contributed by atoms with Crippen LogP contribution in [0.4, 0.5) is 0 Å². The summed E-state index contributed by atoms with van der Waals surface area (Å²) < 4.78 is 5.28. The molecule has 0 fully saturated rings. The van der Waals surface area contributed by atoms with Gasteiger partial charge in [-0.1, -0.05) is 50.2 Å². The molecule has 0 saturated heterocycles. The number of aromatic nitrogens is 2. The monoisotopic (exact) mass is 327 g/mol. The Morgan fingerprint density at radius 3 is 2.71 bits per heavy atom. The minimum Gasteiger partial charge on any atom is -0.339 e. The summed E-state index contributed by atoms with van der Waals surface area (Å²) in [6.07, 6.45) is 2.86. The first-order valence-electron chi connectivity index (χ1n) is 8.61. The number of fused-ring (bicyclic) bond motifs is 1. The molecule has 2 aromatic rings. The minimum atomic E-state index is -0.112. The van der Waals surface area contributed by atoms with Crippen molar-refractivity contribution in [2.24, 2.45) is 0 Å². The van der Waals surface area contributed by atoms with Crippen LogP contribution in [0.5, 0.6) is 0 Å². The number of carbonyl (C=O) groups excluding carboxylic acids is 1. The Bertz CT molecular complexity index is 715. The number of rotatable bonds is 4. The van der Waals surface area contributed by atoms with E-state index in [1.54, 1.807) is 0 Å². The summed E-state index contributed by atoms with van der Waals surface area (Å²) in [6, 6.07) is 8.36. The van der Waals surface area contributed by atoms with Gasteiger partial charge in [-0.15, -0.1) is 0 Å². The molecule has 0 bridgehead atoms. The van der Waals surface area contributed by atoms with Crippen LogP contribution in [0.15, 0.2) is 28.8 Å². The highest BCUT2D eigenvalue weighted by atomic mass is 16.5. The van der Waals surface area contributed by atoms with Crippen LogP contribution in [0, 0.1) is 0 Å². The Morgan fingerprint density at radius 1 is 1.25 bits per heavy atom. The van der Waals surface area contributed by atoms with Gasteiger partial charge in [-0.2, -0.15) is 4.98 Å². The van der Waals surface area contributed by atoms with Gasteiger partial charge >= 0.3 is 0 Å². The zero-order valence-electron chi connectivity index (χ0n) is 14.7. The van der Waals surface area contributed by atoms with Crippen molar-refractivity contribution in [3.05, 3.63) is 47.1 Å². The number of aryl methyl sites for hydroxylation is 1. The van der Waals surface area contributed by atoms with Crippen molar-refractivity contribution in [3.63, 3.8) is 0 Å². The predicted octanol–water partition coefficient (Wildman–Crippen LogP) is 3.27. The first kappa shape index (κ1) is 16.7. The average Bonchev–Trinajstić information content (AvgIpc) is 3.03. The third kappa shape index (κ3) is 3.83. The van der Waals surface area contributed by atoms with Gasteiger partial charge in [0, 0.05) is 31.3 Å². The SMILES string of the molecule is CC(C)(C)c1noc(CCCC(=O)N2CCc3ccccc3C2)n1. The smallest absolute Gasteiger partial charge is 0.226 e. The fourth-order valence-electron chi connectivity index (χ4n) is 2.92. The number of carbonyl (C=O) groups is 1. The third-order valence-corrected chi connectivity index (χ3v) is 4.40. The Kier molecular flexibility index (Phi) is 4.69. The standard InChI is InChI=1S/C19H25N3O2/c1-19(2,3)18-20-16(24-21-18)9-6-10-17(23)22-12-11-14-7-4-5-8-15(14)13-22/h4-5,7-8H,6,9-13H2,1-3H3. The molecule has 1 amide bonds. The second-order valence-electron chi connectivity index (χ2n) is 7.45. The van der Waals surface area contributed by atoms with E-state index in [9.17, 15) is 4.79 Å². The van der Waals surface area contributed by atoms with E-state index in [0.717, 1.165) is 31.8 Å². The maximum Gasteiger partial charge on any atom is 0.226 e. The van der Waals surface area contributed by atoms with E-state index in [4.69, 9.17) is 4.52 Å². The molecule has 0 unspecified atom stereocenters. The van der Waals surface area contributed by atoms with Gasteiger partial charge in [0.1, 0.15) is 0 Å². The van der Waals surface area contributed by atoms with Gasteiger partial charge in [0.2, 0.25) is 11.8 Å². The molecular formula is C19H25N3O2. The van der Waals surface area contributed by atoms with Gasteiger partial charge in [-0.3, -0.25) is 4.79 Å². The number of nitrogens with zero attached hydrogens (tertiary/aromatic N) is 3. The summed E-state index contributed by atoms with van der Waals surface area (Å²) in [5.41, 5.74) is 2.52. The molecule has 0 N–H and O–H groups in total. The van der Waals surface area contributed by atoms with E-state index in [-0.39, 0.29) is 11.3 Å². The highest BCUT2D eigenvalue weighted by molar-refractivity contribution is 5.76. The summed E-state index contributed by atoms with van der Waals surface area (Å²) in [7, 11) is 0. The first-order chi connectivity index (χ1) is 11.4. The van der Waals surface area contributed by atoms with Crippen molar-refractivity contribution in [1.82, 2.24) is 15.0 Å². The Morgan fingerprint density at radius 2 is 2.00 bits per heavy atom. The quantitative estimate of drug-likeness (QED) is 0.865. The molecule has 1 aromatic carbocycles. The molecule has 1 aliphatic rings. The molecule has 0 atom stereocenters. The van der Waals surface area contributed by atoms with Crippen molar-refractivity contribution in [1.29, 1.82) is 0 Å². The average molecular weight is 327 g/mol. The van der Waals surface area contributed by atoms with Gasteiger partial charge in [-0.05, 0) is 24.0 Å². The topological polar surface area (TPSA) is 59.2 Å². The largest absolute Gasteiger partial charge is 0.339 e. The minimum absolute atomic E-state index is 0.112. The van der Waals surface area contributed by atoms with Gasteiger partial charge in [0.25, 0.3) is 0 Å². The molecule has 5 nitrogen and oxygen atoms in total. The van der Waals surface area contributed by atoms with Crippen molar-refractivity contribution < 1.29 is 9.32 Å². The molecule has 0 spiro atoms. The van der Waals surface area contributed by atoms with Gasteiger partial charge < -0.3 is 9.42 Å². The number of benzene rings is 1. The first-order valence-corrected chi connectivity index (χ1v) is 8.61. The predicted molar refractivity (Wildman–Crippen MR) is 91.5 cm³/mol. The normalized spacial score (nSPS) is 14.5. The lowest BCUT2D eigenvalue weighted by Gasteiger charge is -2.28. The lowest BCUT2D eigenvalue weighted by atomic mass is 9.96. The van der Waals surface area contributed by atoms with Crippen LogP contribution in [0.1, 0.15) is 56.5 Å². The van der Waals surface area contributed by atoms with E-state index in [1.807, 2.05) is 11.0 Å². The Hall–Kier alpha value is -2.17.